The van der Waals surface area contributed by atoms with Crippen LogP contribution in [0.5, 0.6) is 0 Å². The number of benzene rings is 2. The fourth-order valence-electron chi connectivity index (χ4n) is 1.78. The minimum atomic E-state index is -0.304. The van der Waals surface area contributed by atoms with E-state index in [9.17, 15) is 8.78 Å². The average Bonchev–Trinajstić information content (AvgIpc) is 2.90. The van der Waals surface area contributed by atoms with Gasteiger partial charge in [0.1, 0.15) is 17.3 Å². The normalized spacial score (nSPS) is 10.6. The zero-order valence-electron chi connectivity index (χ0n) is 9.81. The van der Waals surface area contributed by atoms with Gasteiger partial charge in [-0.05, 0) is 48.5 Å². The van der Waals surface area contributed by atoms with Gasteiger partial charge in [0.25, 0.3) is 0 Å². The maximum absolute atomic E-state index is 12.8. The van der Waals surface area contributed by atoms with Gasteiger partial charge in [0.05, 0.1) is 0 Å². The second-order valence-electron chi connectivity index (χ2n) is 4.09. The molecule has 94 valence electrons. The SMILES string of the molecule is Fc1ccc(-c2cc(-c3ccc(F)cc3)on2)cc1. The first-order chi connectivity index (χ1) is 9.22. The molecule has 0 atom stereocenters. The van der Waals surface area contributed by atoms with Crippen LogP contribution in [0.2, 0.25) is 0 Å². The van der Waals surface area contributed by atoms with Crippen molar-refractivity contribution in [2.24, 2.45) is 0 Å². The molecule has 0 aliphatic heterocycles. The third-order valence-electron chi connectivity index (χ3n) is 2.78. The lowest BCUT2D eigenvalue weighted by Crippen LogP contribution is -1.77. The van der Waals surface area contributed by atoms with Crippen LogP contribution in [0.3, 0.4) is 0 Å². The molecule has 2 aromatic carbocycles. The topological polar surface area (TPSA) is 26.0 Å². The smallest absolute Gasteiger partial charge is 0.167 e. The summed E-state index contributed by atoms with van der Waals surface area (Å²) in [6.45, 7) is 0. The Morgan fingerprint density at radius 2 is 1.26 bits per heavy atom. The maximum atomic E-state index is 12.8. The molecule has 0 radical (unpaired) electrons. The summed E-state index contributed by atoms with van der Waals surface area (Å²) >= 11 is 0. The van der Waals surface area contributed by atoms with E-state index < -0.39 is 0 Å². The molecule has 19 heavy (non-hydrogen) atoms. The summed E-state index contributed by atoms with van der Waals surface area (Å²) in [6, 6.07) is 13.7. The fraction of sp³-hybridized carbons (Fsp3) is 0. The molecule has 0 unspecified atom stereocenters. The molecule has 1 heterocycles. The van der Waals surface area contributed by atoms with E-state index in [1.165, 1.54) is 24.3 Å². The molecule has 0 bridgehead atoms. The van der Waals surface area contributed by atoms with Crippen LogP contribution in [0.25, 0.3) is 22.6 Å². The van der Waals surface area contributed by atoms with Crippen molar-refractivity contribution in [3.05, 3.63) is 66.2 Å². The molecule has 0 amide bonds. The van der Waals surface area contributed by atoms with Crippen LogP contribution in [0, 0.1) is 11.6 Å². The molecular formula is C15H9F2NO. The summed E-state index contributed by atoms with van der Waals surface area (Å²) in [6.07, 6.45) is 0. The Bertz CT molecular complexity index is 627. The van der Waals surface area contributed by atoms with Gasteiger partial charge in [-0.25, -0.2) is 8.78 Å². The lowest BCUT2D eigenvalue weighted by atomic mass is 10.1. The number of aromatic nitrogens is 1. The van der Waals surface area contributed by atoms with E-state index in [2.05, 4.69) is 5.16 Å². The highest BCUT2D eigenvalue weighted by molar-refractivity contribution is 5.66. The molecule has 0 fully saturated rings. The Morgan fingerprint density at radius 1 is 0.737 bits per heavy atom. The van der Waals surface area contributed by atoms with Crippen molar-refractivity contribution in [2.45, 2.75) is 0 Å². The van der Waals surface area contributed by atoms with Gasteiger partial charge in [-0.15, -0.1) is 0 Å². The molecule has 3 aromatic rings. The minimum absolute atomic E-state index is 0.300. The Hall–Kier alpha value is -2.49. The van der Waals surface area contributed by atoms with Gasteiger partial charge in [0.15, 0.2) is 5.76 Å². The number of halogens is 2. The van der Waals surface area contributed by atoms with Crippen molar-refractivity contribution < 1.29 is 13.3 Å². The van der Waals surface area contributed by atoms with Gasteiger partial charge < -0.3 is 4.52 Å². The molecule has 0 saturated carbocycles. The van der Waals surface area contributed by atoms with Gasteiger partial charge in [-0.1, -0.05) is 5.16 Å². The summed E-state index contributed by atoms with van der Waals surface area (Å²) in [5.74, 6) is -0.0626. The van der Waals surface area contributed by atoms with E-state index >= 15 is 0 Å². The van der Waals surface area contributed by atoms with Crippen LogP contribution in [-0.2, 0) is 0 Å². The molecule has 0 aliphatic rings. The molecule has 3 rings (SSSR count). The molecule has 0 N–H and O–H groups in total. The van der Waals surface area contributed by atoms with Crippen LogP contribution in [0.1, 0.15) is 0 Å². The van der Waals surface area contributed by atoms with Crippen molar-refractivity contribution in [2.75, 3.05) is 0 Å². The highest BCUT2D eigenvalue weighted by atomic mass is 19.1. The summed E-state index contributed by atoms with van der Waals surface area (Å²) < 4.78 is 30.9. The zero-order valence-corrected chi connectivity index (χ0v) is 9.81. The lowest BCUT2D eigenvalue weighted by molar-refractivity contribution is 0.435. The zero-order chi connectivity index (χ0) is 13.2. The van der Waals surface area contributed by atoms with Gasteiger partial charge in [-0.2, -0.15) is 0 Å². The predicted octanol–water partition coefficient (Wildman–Crippen LogP) is 4.29. The van der Waals surface area contributed by atoms with Crippen molar-refractivity contribution in [3.63, 3.8) is 0 Å². The molecule has 0 aliphatic carbocycles. The van der Waals surface area contributed by atoms with E-state index in [1.54, 1.807) is 30.3 Å². The summed E-state index contributed by atoms with van der Waals surface area (Å²) in [4.78, 5) is 0. The molecule has 2 nitrogen and oxygen atoms in total. The standard InChI is InChI=1S/C15H9F2NO/c16-12-5-1-10(2-6-12)14-9-15(19-18-14)11-3-7-13(17)8-4-11/h1-9H. The Morgan fingerprint density at radius 3 is 1.84 bits per heavy atom. The van der Waals surface area contributed by atoms with Crippen molar-refractivity contribution in [3.8, 4) is 22.6 Å². The van der Waals surface area contributed by atoms with E-state index in [0.717, 1.165) is 11.1 Å². The average molecular weight is 257 g/mol. The monoisotopic (exact) mass is 257 g/mol. The molecular weight excluding hydrogens is 248 g/mol. The molecule has 0 saturated heterocycles. The largest absolute Gasteiger partial charge is 0.356 e. The molecule has 0 spiro atoms. The van der Waals surface area contributed by atoms with Gasteiger partial charge in [0, 0.05) is 17.2 Å². The minimum Gasteiger partial charge on any atom is -0.356 e. The van der Waals surface area contributed by atoms with Crippen LogP contribution in [-0.4, -0.2) is 5.16 Å². The Labute approximate surface area is 108 Å². The summed E-state index contributed by atoms with van der Waals surface area (Å²) in [5.41, 5.74) is 2.11. The first kappa shape index (κ1) is 11.6. The second-order valence-corrected chi connectivity index (χ2v) is 4.09. The Kier molecular flexibility index (Phi) is 2.83. The van der Waals surface area contributed by atoms with Gasteiger partial charge >= 0.3 is 0 Å². The van der Waals surface area contributed by atoms with Crippen molar-refractivity contribution in [1.29, 1.82) is 0 Å². The second kappa shape index (κ2) is 4.65. The third kappa shape index (κ3) is 2.38. The van der Waals surface area contributed by atoms with E-state index in [4.69, 9.17) is 4.52 Å². The van der Waals surface area contributed by atoms with Crippen molar-refractivity contribution in [1.82, 2.24) is 5.16 Å². The van der Waals surface area contributed by atoms with E-state index in [0.29, 0.717) is 11.5 Å². The summed E-state index contributed by atoms with van der Waals surface area (Å²) in [7, 11) is 0. The summed E-state index contributed by atoms with van der Waals surface area (Å²) in [5, 5.41) is 3.92. The predicted molar refractivity (Wildman–Crippen MR) is 67.3 cm³/mol. The first-order valence-electron chi connectivity index (χ1n) is 5.71. The van der Waals surface area contributed by atoms with E-state index in [1.807, 2.05) is 0 Å². The number of nitrogens with zero attached hydrogens (tertiary/aromatic N) is 1. The number of hydrogen-bond donors (Lipinski definition) is 0. The van der Waals surface area contributed by atoms with Crippen LogP contribution in [0.4, 0.5) is 8.78 Å². The Balaban J connectivity index is 1.95. The maximum Gasteiger partial charge on any atom is 0.167 e. The lowest BCUT2D eigenvalue weighted by Gasteiger charge is -1.94. The quantitative estimate of drug-likeness (QED) is 0.684. The number of rotatable bonds is 2. The fourth-order valence-corrected chi connectivity index (χ4v) is 1.78. The van der Waals surface area contributed by atoms with Gasteiger partial charge in [0.2, 0.25) is 0 Å². The van der Waals surface area contributed by atoms with Gasteiger partial charge in [-0.3, -0.25) is 0 Å². The van der Waals surface area contributed by atoms with Crippen molar-refractivity contribution >= 4 is 0 Å². The van der Waals surface area contributed by atoms with E-state index in [-0.39, 0.29) is 11.6 Å². The highest BCUT2D eigenvalue weighted by Crippen LogP contribution is 2.26. The third-order valence-corrected chi connectivity index (χ3v) is 2.78. The van der Waals surface area contributed by atoms with Crippen LogP contribution in [0.15, 0.2) is 59.1 Å². The van der Waals surface area contributed by atoms with Crippen LogP contribution < -0.4 is 0 Å². The number of hydrogen-bond acceptors (Lipinski definition) is 2. The molecule has 4 heteroatoms. The highest BCUT2D eigenvalue weighted by Gasteiger charge is 2.08. The van der Waals surface area contributed by atoms with Crippen LogP contribution >= 0.6 is 0 Å². The first-order valence-corrected chi connectivity index (χ1v) is 5.71. The molecule has 1 aromatic heterocycles.